The number of nitrogens with one attached hydrogen (secondary N) is 1. The predicted octanol–water partition coefficient (Wildman–Crippen LogP) is 7.07. The molecule has 2 aliphatic rings. The number of carbonyl (C=O) groups is 1. The lowest BCUT2D eigenvalue weighted by atomic mass is 9.61. The van der Waals surface area contributed by atoms with Crippen LogP contribution < -0.4 is 5.32 Å². The molecule has 4 unspecified atom stereocenters. The Morgan fingerprint density at radius 2 is 1.58 bits per heavy atom. The van der Waals surface area contributed by atoms with Crippen molar-refractivity contribution < 1.29 is 23.8 Å². The topological polar surface area (TPSA) is 69.6 Å². The third-order valence-corrected chi connectivity index (χ3v) is 7.52. The smallest absolute Gasteiger partial charge is 0.287 e. The third-order valence-electron chi connectivity index (χ3n) is 7.52. The summed E-state index contributed by atoms with van der Waals surface area (Å²) in [5.74, 6) is -1.21. The number of hydrogen-bond donors (Lipinski definition) is 3. The highest BCUT2D eigenvalue weighted by molar-refractivity contribution is 5.92. The van der Waals surface area contributed by atoms with Gasteiger partial charge >= 0.3 is 0 Å². The summed E-state index contributed by atoms with van der Waals surface area (Å²) in [4.78, 5) is 11.9. The molecule has 0 radical (unpaired) electrons. The Kier molecular flexibility index (Phi) is 10.3. The molecule has 2 aromatic carbocycles. The maximum Gasteiger partial charge on any atom is 0.287 e. The molecule has 4 rings (SSSR count). The Morgan fingerprint density at radius 1 is 0.974 bits per heavy atom. The monoisotopic (exact) mass is 525 g/mol. The summed E-state index contributed by atoms with van der Waals surface area (Å²) in [5, 5.41) is 20.6. The molecule has 2 aliphatic carbocycles. The summed E-state index contributed by atoms with van der Waals surface area (Å²) in [6, 6.07) is 15.3. The number of phenols is 1. The lowest BCUT2D eigenvalue weighted by Crippen LogP contribution is -2.38. The summed E-state index contributed by atoms with van der Waals surface area (Å²) in [6.07, 6.45) is 7.74. The van der Waals surface area contributed by atoms with Crippen molar-refractivity contribution >= 4 is 17.6 Å². The molecule has 4 nitrogen and oxygen atoms in total. The zero-order chi connectivity index (χ0) is 27.9. The SMILES string of the molecule is CC.CC1CC2CC(C)/C(=C(\c3ccc(O)cc3)c3ccc(/C=C/C(=O)NCC(F)(F)CO)cc3)C(C1)C2. The molecule has 2 bridgehead atoms. The summed E-state index contributed by atoms with van der Waals surface area (Å²) in [7, 11) is 0. The highest BCUT2D eigenvalue weighted by Crippen LogP contribution is 2.51. The van der Waals surface area contributed by atoms with Gasteiger partial charge in [-0.25, -0.2) is 8.78 Å². The average Bonchev–Trinajstić information content (AvgIpc) is 2.90. The van der Waals surface area contributed by atoms with Gasteiger partial charge < -0.3 is 15.5 Å². The molecule has 38 heavy (non-hydrogen) atoms. The number of benzene rings is 2. The molecule has 0 heterocycles. The first-order valence-corrected chi connectivity index (χ1v) is 13.7. The van der Waals surface area contributed by atoms with Gasteiger partial charge in [-0.2, -0.15) is 0 Å². The quantitative estimate of drug-likeness (QED) is 0.339. The zero-order valence-electron chi connectivity index (χ0n) is 22.9. The minimum Gasteiger partial charge on any atom is -0.508 e. The lowest BCUT2D eigenvalue weighted by molar-refractivity contribution is -0.119. The van der Waals surface area contributed by atoms with Crippen molar-refractivity contribution in [1.29, 1.82) is 0 Å². The molecule has 4 atom stereocenters. The molecular weight excluding hydrogens is 484 g/mol. The first-order valence-electron chi connectivity index (χ1n) is 13.7. The predicted molar refractivity (Wildman–Crippen MR) is 150 cm³/mol. The van der Waals surface area contributed by atoms with Gasteiger partial charge in [0.05, 0.1) is 6.54 Å². The molecule has 0 aromatic heterocycles. The first-order chi connectivity index (χ1) is 18.1. The number of phenolic OH excluding ortho intramolecular Hbond substituents is 1. The highest BCUT2D eigenvalue weighted by atomic mass is 19.3. The number of halogens is 2. The van der Waals surface area contributed by atoms with E-state index in [4.69, 9.17) is 5.11 Å². The van der Waals surface area contributed by atoms with E-state index >= 15 is 0 Å². The highest BCUT2D eigenvalue weighted by Gasteiger charge is 2.38. The van der Waals surface area contributed by atoms with Crippen molar-refractivity contribution in [3.8, 4) is 5.75 Å². The number of fused-ring (bicyclic) bond motifs is 2. The van der Waals surface area contributed by atoms with Gasteiger partial charge in [0, 0.05) is 6.08 Å². The van der Waals surface area contributed by atoms with Crippen molar-refractivity contribution in [3.63, 3.8) is 0 Å². The number of rotatable bonds is 7. The molecule has 1 amide bonds. The Morgan fingerprint density at radius 3 is 2.18 bits per heavy atom. The summed E-state index contributed by atoms with van der Waals surface area (Å²) >= 11 is 0. The Labute approximate surface area is 225 Å². The van der Waals surface area contributed by atoms with Crippen LogP contribution in [-0.2, 0) is 4.79 Å². The second-order valence-corrected chi connectivity index (χ2v) is 10.6. The van der Waals surface area contributed by atoms with Gasteiger partial charge in [-0.15, -0.1) is 0 Å². The van der Waals surface area contributed by atoms with E-state index in [0.29, 0.717) is 17.8 Å². The van der Waals surface area contributed by atoms with Crippen molar-refractivity contribution in [2.24, 2.45) is 23.7 Å². The van der Waals surface area contributed by atoms with Crippen LogP contribution in [0.1, 0.15) is 70.1 Å². The van der Waals surface area contributed by atoms with E-state index in [2.05, 4.69) is 19.2 Å². The molecule has 206 valence electrons. The number of carbonyl (C=O) groups excluding carboxylic acids is 1. The number of amides is 1. The Balaban J connectivity index is 0.00000195. The van der Waals surface area contributed by atoms with Crippen LogP contribution in [-0.4, -0.2) is 35.2 Å². The standard InChI is InChI=1S/C30H35F2NO3.C2H6/c1-19-13-22-15-20(2)28(25(14-19)16-22)29(24-8-10-26(35)11-9-24)23-6-3-21(4-7-23)5-12-27(36)33-17-30(31,32)18-34;1-2/h3-12,19-20,22,25,34-35H,13-18H2,1-2H3,(H,33,36);1-2H3/b12-5+,29-28+;. The molecule has 2 fully saturated rings. The molecule has 2 aromatic rings. The minimum atomic E-state index is -3.34. The maximum atomic E-state index is 13.1. The number of aromatic hydroxyl groups is 1. The second kappa shape index (κ2) is 13.2. The van der Waals surface area contributed by atoms with E-state index in [1.165, 1.54) is 42.9 Å². The van der Waals surface area contributed by atoms with Crippen LogP contribution in [0.2, 0.25) is 0 Å². The van der Waals surface area contributed by atoms with Crippen LogP contribution in [0.5, 0.6) is 5.75 Å². The van der Waals surface area contributed by atoms with Crippen molar-refractivity contribution in [1.82, 2.24) is 5.32 Å². The molecule has 2 saturated carbocycles. The van der Waals surface area contributed by atoms with E-state index in [0.717, 1.165) is 22.6 Å². The molecule has 0 saturated heterocycles. The van der Waals surface area contributed by atoms with Crippen LogP contribution in [0.15, 0.2) is 60.2 Å². The van der Waals surface area contributed by atoms with Crippen LogP contribution in [0.4, 0.5) is 8.78 Å². The van der Waals surface area contributed by atoms with Crippen LogP contribution in [0, 0.1) is 23.7 Å². The summed E-state index contributed by atoms with van der Waals surface area (Å²) < 4.78 is 26.3. The number of allylic oxidation sites excluding steroid dienone is 1. The van der Waals surface area contributed by atoms with E-state index in [9.17, 15) is 18.7 Å². The average molecular weight is 526 g/mol. The van der Waals surface area contributed by atoms with Crippen molar-refractivity contribution in [3.05, 3.63) is 76.9 Å². The fraction of sp³-hybridized carbons (Fsp3) is 0.469. The molecule has 0 aliphatic heterocycles. The lowest BCUT2D eigenvalue weighted by Gasteiger charge is -2.44. The van der Waals surface area contributed by atoms with Gasteiger partial charge in [0.25, 0.3) is 5.92 Å². The van der Waals surface area contributed by atoms with Gasteiger partial charge in [0.2, 0.25) is 5.91 Å². The van der Waals surface area contributed by atoms with Gasteiger partial charge in [-0.3, -0.25) is 4.79 Å². The number of aliphatic hydroxyl groups excluding tert-OH is 1. The summed E-state index contributed by atoms with van der Waals surface area (Å²) in [5.41, 5.74) is 5.67. The molecular formula is C32H41F2NO3. The number of hydrogen-bond acceptors (Lipinski definition) is 3. The van der Waals surface area contributed by atoms with Gasteiger partial charge in [-0.1, -0.05) is 69.7 Å². The van der Waals surface area contributed by atoms with Crippen LogP contribution in [0.25, 0.3) is 11.6 Å². The zero-order valence-corrected chi connectivity index (χ0v) is 22.9. The molecule has 3 N–H and O–H groups in total. The molecule has 6 heteroatoms. The second-order valence-electron chi connectivity index (χ2n) is 10.6. The normalized spacial score (nSPS) is 24.4. The largest absolute Gasteiger partial charge is 0.508 e. The fourth-order valence-electron chi connectivity index (χ4n) is 6.06. The van der Waals surface area contributed by atoms with Crippen LogP contribution in [0.3, 0.4) is 0 Å². The maximum absolute atomic E-state index is 13.1. The minimum absolute atomic E-state index is 0.238. The van der Waals surface area contributed by atoms with Crippen LogP contribution >= 0.6 is 0 Å². The number of aliphatic hydroxyl groups is 1. The van der Waals surface area contributed by atoms with Gasteiger partial charge in [0.1, 0.15) is 12.4 Å². The van der Waals surface area contributed by atoms with E-state index in [1.807, 2.05) is 50.2 Å². The van der Waals surface area contributed by atoms with E-state index in [-0.39, 0.29) is 5.75 Å². The first kappa shape index (κ1) is 29.6. The number of alkyl halides is 2. The Hall–Kier alpha value is -2.99. The van der Waals surface area contributed by atoms with Gasteiger partial charge in [-0.05, 0) is 89.8 Å². The molecule has 0 spiro atoms. The van der Waals surface area contributed by atoms with E-state index in [1.54, 1.807) is 18.2 Å². The van der Waals surface area contributed by atoms with Crippen molar-refractivity contribution in [2.75, 3.05) is 13.2 Å². The Bertz CT molecular complexity index is 1120. The summed E-state index contributed by atoms with van der Waals surface area (Å²) in [6.45, 7) is 6.47. The van der Waals surface area contributed by atoms with E-state index < -0.39 is 25.0 Å². The van der Waals surface area contributed by atoms with Crippen molar-refractivity contribution in [2.45, 2.75) is 59.3 Å². The third kappa shape index (κ3) is 7.53. The van der Waals surface area contributed by atoms with Gasteiger partial charge in [0.15, 0.2) is 0 Å². The fourth-order valence-corrected chi connectivity index (χ4v) is 6.06.